The van der Waals surface area contributed by atoms with Crippen LogP contribution in [0.3, 0.4) is 0 Å². The van der Waals surface area contributed by atoms with Crippen LogP contribution in [0.2, 0.25) is 5.02 Å². The van der Waals surface area contributed by atoms with Crippen LogP contribution < -0.4 is 14.8 Å². The first-order valence-corrected chi connectivity index (χ1v) is 8.80. The van der Waals surface area contributed by atoms with Gasteiger partial charge in [-0.15, -0.1) is 0 Å². The Balaban J connectivity index is 2.65. The van der Waals surface area contributed by atoms with Crippen LogP contribution in [0.4, 0.5) is 0 Å². The van der Waals surface area contributed by atoms with Gasteiger partial charge in [-0.05, 0) is 43.5 Å². The minimum absolute atomic E-state index is 0.00945. The van der Waals surface area contributed by atoms with E-state index in [0.717, 1.165) is 0 Å². The summed E-state index contributed by atoms with van der Waals surface area (Å²) in [6.07, 6.45) is 2.76. The van der Waals surface area contributed by atoms with Crippen LogP contribution in [-0.4, -0.2) is 38.2 Å². The van der Waals surface area contributed by atoms with Crippen molar-refractivity contribution in [1.82, 2.24) is 5.32 Å². The lowest BCUT2D eigenvalue weighted by Gasteiger charge is -2.17. The highest BCUT2D eigenvalue weighted by Gasteiger charge is 2.13. The molecule has 1 aromatic carbocycles. The van der Waals surface area contributed by atoms with E-state index in [1.807, 2.05) is 27.7 Å². The van der Waals surface area contributed by atoms with Gasteiger partial charge in [0, 0.05) is 12.1 Å². The molecule has 0 aliphatic carbocycles. The van der Waals surface area contributed by atoms with Crippen molar-refractivity contribution in [2.45, 2.75) is 33.7 Å². The normalized spacial score (nSPS) is 12.1. The van der Waals surface area contributed by atoms with Gasteiger partial charge in [0.2, 0.25) is 0 Å². The van der Waals surface area contributed by atoms with Gasteiger partial charge in [0.25, 0.3) is 5.91 Å². The Kier molecular flexibility index (Phi) is 8.99. The number of hydrogen-bond acceptors (Lipinski definition) is 5. The lowest BCUT2D eigenvalue weighted by atomic mass is 10.1. The van der Waals surface area contributed by atoms with Gasteiger partial charge in [0.15, 0.2) is 18.1 Å². The first kappa shape index (κ1) is 21.8. The summed E-state index contributed by atoms with van der Waals surface area (Å²) in [5.74, 6) is 0.260. The maximum Gasteiger partial charge on any atom is 0.331 e. The van der Waals surface area contributed by atoms with Crippen LogP contribution >= 0.6 is 11.6 Å². The molecule has 0 unspecified atom stereocenters. The summed E-state index contributed by atoms with van der Waals surface area (Å²) in [5, 5.41) is 3.14. The summed E-state index contributed by atoms with van der Waals surface area (Å²) in [4.78, 5) is 23.5. The van der Waals surface area contributed by atoms with Crippen LogP contribution in [-0.2, 0) is 14.3 Å². The van der Waals surface area contributed by atoms with Crippen molar-refractivity contribution in [3.05, 3.63) is 28.8 Å². The maximum atomic E-state index is 11.8. The third kappa shape index (κ3) is 6.96. The molecule has 6 nitrogen and oxygen atoms in total. The first-order valence-electron chi connectivity index (χ1n) is 8.43. The van der Waals surface area contributed by atoms with Crippen LogP contribution in [0.5, 0.6) is 11.5 Å². The Labute approximate surface area is 159 Å². The fourth-order valence-corrected chi connectivity index (χ4v) is 2.21. The van der Waals surface area contributed by atoms with E-state index >= 15 is 0 Å². The van der Waals surface area contributed by atoms with Crippen molar-refractivity contribution in [2.75, 3.05) is 20.3 Å². The minimum atomic E-state index is -0.624. The zero-order valence-corrected chi connectivity index (χ0v) is 16.6. The monoisotopic (exact) mass is 383 g/mol. The number of carbonyl (C=O) groups is 2. The highest BCUT2D eigenvalue weighted by atomic mass is 35.5. The second kappa shape index (κ2) is 10.7. The molecule has 0 radical (unpaired) electrons. The van der Waals surface area contributed by atoms with Crippen molar-refractivity contribution in [3.63, 3.8) is 0 Å². The Bertz CT molecular complexity index is 658. The van der Waals surface area contributed by atoms with E-state index < -0.39 is 5.97 Å². The zero-order chi connectivity index (χ0) is 19.7. The highest BCUT2D eigenvalue weighted by Crippen LogP contribution is 2.36. The standard InChI is InChI=1S/C19H26ClNO5/c1-6-25-19-15(20)9-14(10-16(19)24-5)7-8-18(23)26-11-17(22)21-13(4)12(2)3/h7-10,12-13H,6,11H2,1-5H3,(H,21,22)/b8-7+/t13-/m1/s1. The van der Waals surface area contributed by atoms with Crippen LogP contribution in [0.25, 0.3) is 6.08 Å². The van der Waals surface area contributed by atoms with E-state index in [9.17, 15) is 9.59 Å². The van der Waals surface area contributed by atoms with E-state index in [1.165, 1.54) is 19.3 Å². The largest absolute Gasteiger partial charge is 0.493 e. The van der Waals surface area contributed by atoms with Gasteiger partial charge in [0.05, 0.1) is 18.7 Å². The number of esters is 1. The molecule has 1 atom stereocenters. The van der Waals surface area contributed by atoms with Crippen molar-refractivity contribution in [2.24, 2.45) is 5.92 Å². The van der Waals surface area contributed by atoms with E-state index in [1.54, 1.807) is 12.1 Å². The highest BCUT2D eigenvalue weighted by molar-refractivity contribution is 6.32. The fraction of sp³-hybridized carbons (Fsp3) is 0.474. The van der Waals surface area contributed by atoms with Crippen molar-refractivity contribution >= 4 is 29.6 Å². The van der Waals surface area contributed by atoms with Gasteiger partial charge < -0.3 is 19.5 Å². The first-order chi connectivity index (χ1) is 12.3. The lowest BCUT2D eigenvalue weighted by molar-refractivity contribution is -0.144. The van der Waals surface area contributed by atoms with Gasteiger partial charge in [-0.3, -0.25) is 4.79 Å². The molecule has 1 aromatic rings. The molecule has 1 amide bonds. The van der Waals surface area contributed by atoms with Crippen molar-refractivity contribution in [3.8, 4) is 11.5 Å². The Morgan fingerprint density at radius 2 is 1.96 bits per heavy atom. The lowest BCUT2D eigenvalue weighted by Crippen LogP contribution is -2.38. The van der Waals surface area contributed by atoms with Crippen molar-refractivity contribution in [1.29, 1.82) is 0 Å². The summed E-state index contributed by atoms with van der Waals surface area (Å²) in [5.41, 5.74) is 0.644. The molecule has 0 bridgehead atoms. The number of nitrogens with one attached hydrogen (secondary N) is 1. The molecule has 144 valence electrons. The number of halogens is 1. The minimum Gasteiger partial charge on any atom is -0.493 e. The number of carbonyl (C=O) groups excluding carboxylic acids is 2. The number of ether oxygens (including phenoxy) is 3. The second-order valence-electron chi connectivity index (χ2n) is 6.01. The predicted molar refractivity (Wildman–Crippen MR) is 102 cm³/mol. The summed E-state index contributed by atoms with van der Waals surface area (Å²) in [6.45, 7) is 7.86. The molecule has 26 heavy (non-hydrogen) atoms. The third-order valence-electron chi connectivity index (χ3n) is 3.69. The molecule has 0 spiro atoms. The molecule has 0 fully saturated rings. The molecular formula is C19H26ClNO5. The van der Waals surface area contributed by atoms with Crippen LogP contribution in [0.15, 0.2) is 18.2 Å². The molecule has 0 aliphatic heterocycles. The summed E-state index contributed by atoms with van der Waals surface area (Å²) >= 11 is 6.18. The molecule has 0 aromatic heterocycles. The summed E-state index contributed by atoms with van der Waals surface area (Å²) in [7, 11) is 1.51. The Morgan fingerprint density at radius 3 is 2.54 bits per heavy atom. The van der Waals surface area contributed by atoms with Gasteiger partial charge in [-0.2, -0.15) is 0 Å². The van der Waals surface area contributed by atoms with Gasteiger partial charge in [-0.25, -0.2) is 4.79 Å². The Morgan fingerprint density at radius 1 is 1.27 bits per heavy atom. The quantitative estimate of drug-likeness (QED) is 0.522. The molecule has 1 N–H and O–H groups in total. The molecule has 1 rings (SSSR count). The zero-order valence-electron chi connectivity index (χ0n) is 15.8. The summed E-state index contributed by atoms with van der Waals surface area (Å²) in [6, 6.07) is 3.35. The van der Waals surface area contributed by atoms with Crippen LogP contribution in [0, 0.1) is 5.92 Å². The molecule has 0 heterocycles. The number of hydrogen-bond donors (Lipinski definition) is 1. The third-order valence-corrected chi connectivity index (χ3v) is 3.97. The average Bonchev–Trinajstić information content (AvgIpc) is 2.59. The predicted octanol–water partition coefficient (Wildman–Crippen LogP) is 3.46. The van der Waals surface area contributed by atoms with E-state index in [0.29, 0.717) is 34.6 Å². The van der Waals surface area contributed by atoms with Gasteiger partial charge in [-0.1, -0.05) is 25.4 Å². The SMILES string of the molecule is CCOc1c(Cl)cc(/C=C/C(=O)OCC(=O)N[C@H](C)C(C)C)cc1OC. The van der Waals surface area contributed by atoms with Crippen molar-refractivity contribution < 1.29 is 23.8 Å². The molecule has 7 heteroatoms. The number of amides is 1. The number of methoxy groups -OCH3 is 1. The van der Waals surface area contributed by atoms with Gasteiger partial charge in [0.1, 0.15) is 0 Å². The molecule has 0 aliphatic rings. The van der Waals surface area contributed by atoms with Crippen LogP contribution in [0.1, 0.15) is 33.3 Å². The topological polar surface area (TPSA) is 73.9 Å². The number of benzene rings is 1. The fourth-order valence-electron chi connectivity index (χ4n) is 1.93. The average molecular weight is 384 g/mol. The summed E-state index contributed by atoms with van der Waals surface area (Å²) < 4.78 is 15.6. The molecule has 0 saturated carbocycles. The smallest absolute Gasteiger partial charge is 0.331 e. The molecular weight excluding hydrogens is 358 g/mol. The number of rotatable bonds is 9. The maximum absolute atomic E-state index is 11.8. The van der Waals surface area contributed by atoms with E-state index in [-0.39, 0.29) is 18.6 Å². The van der Waals surface area contributed by atoms with Gasteiger partial charge >= 0.3 is 5.97 Å². The molecule has 0 saturated heterocycles. The van der Waals surface area contributed by atoms with E-state index in [4.69, 9.17) is 25.8 Å². The van der Waals surface area contributed by atoms with E-state index in [2.05, 4.69) is 5.32 Å². The second-order valence-corrected chi connectivity index (χ2v) is 6.42. The Hall–Kier alpha value is -2.21.